The molecule has 0 aliphatic carbocycles. The number of hydrogen-bond acceptors (Lipinski definition) is 2. The summed E-state index contributed by atoms with van der Waals surface area (Å²) in [4.78, 5) is 14.2. The lowest BCUT2D eigenvalue weighted by Crippen LogP contribution is -2.27. The highest BCUT2D eigenvalue weighted by atomic mass is 16.4. The zero-order chi connectivity index (χ0) is 14.1. The van der Waals surface area contributed by atoms with Gasteiger partial charge in [-0.3, -0.25) is 0 Å². The Morgan fingerprint density at radius 1 is 2.00 bits per heavy atom. The van der Waals surface area contributed by atoms with E-state index in [1.165, 1.54) is 0 Å². The number of carboxylic acid groups (broad SMARTS) is 1. The number of rotatable bonds is 2. The molecule has 13 heavy (non-hydrogen) atoms. The minimum atomic E-state index is -2.91. The van der Waals surface area contributed by atoms with Crippen molar-refractivity contribution >= 4 is 6.09 Å². The van der Waals surface area contributed by atoms with Crippen molar-refractivity contribution in [2.75, 3.05) is 13.1 Å². The molecule has 1 amide bonds. The SMILES string of the molecule is [2H]C([2H])([2H])C([2H])([2H])C1CN(C(=O)O)CC1N=[N+]=[N-]. The summed E-state index contributed by atoms with van der Waals surface area (Å²) in [7, 11) is 0. The number of likely N-dealkylation sites (tertiary alicyclic amines) is 1. The molecule has 0 aromatic carbocycles. The van der Waals surface area contributed by atoms with E-state index in [1.54, 1.807) is 0 Å². The van der Waals surface area contributed by atoms with Gasteiger partial charge in [-0.2, -0.15) is 0 Å². The number of amides is 1. The van der Waals surface area contributed by atoms with Crippen LogP contribution in [-0.4, -0.2) is 35.2 Å². The molecule has 1 N–H and O–H groups in total. The quantitative estimate of drug-likeness (QED) is 0.407. The first-order valence-electron chi connectivity index (χ1n) is 6.13. The third-order valence-corrected chi connectivity index (χ3v) is 1.94. The lowest BCUT2D eigenvalue weighted by molar-refractivity contribution is 0.153. The first-order chi connectivity index (χ1) is 8.11. The van der Waals surface area contributed by atoms with Gasteiger partial charge >= 0.3 is 6.09 Å². The Hall–Kier alpha value is -1.42. The third kappa shape index (κ3) is 2.03. The summed E-state index contributed by atoms with van der Waals surface area (Å²) in [6, 6.07) is -1.01. The molecule has 1 rings (SSSR count). The summed E-state index contributed by atoms with van der Waals surface area (Å²) in [5.74, 6) is -1.18. The van der Waals surface area contributed by atoms with Crippen LogP contribution in [0.4, 0.5) is 4.79 Å². The minimum Gasteiger partial charge on any atom is -0.465 e. The fourth-order valence-electron chi connectivity index (χ4n) is 1.27. The van der Waals surface area contributed by atoms with Crippen LogP contribution in [0.15, 0.2) is 5.11 Å². The lowest BCUT2D eigenvalue weighted by atomic mass is 10.0. The fourth-order valence-corrected chi connectivity index (χ4v) is 1.27. The maximum absolute atomic E-state index is 10.8. The Morgan fingerprint density at radius 2 is 2.77 bits per heavy atom. The second-order valence-electron chi connectivity index (χ2n) is 2.71. The zero-order valence-electron chi connectivity index (χ0n) is 11.7. The van der Waals surface area contributed by atoms with Crippen LogP contribution >= 0.6 is 0 Å². The molecule has 2 atom stereocenters. The van der Waals surface area contributed by atoms with Crippen molar-refractivity contribution in [2.24, 2.45) is 11.0 Å². The van der Waals surface area contributed by atoms with Crippen LogP contribution in [0.3, 0.4) is 0 Å². The second kappa shape index (κ2) is 4.00. The molecule has 1 fully saturated rings. The monoisotopic (exact) mass is 189 g/mol. The minimum absolute atomic E-state index is 0.195. The van der Waals surface area contributed by atoms with Gasteiger partial charge in [0, 0.05) is 24.9 Å². The molecule has 6 heteroatoms. The Labute approximate surface area is 82.8 Å². The van der Waals surface area contributed by atoms with Crippen molar-refractivity contribution < 1.29 is 16.8 Å². The summed E-state index contributed by atoms with van der Waals surface area (Å²) >= 11 is 0. The van der Waals surface area contributed by atoms with E-state index in [4.69, 9.17) is 17.5 Å². The summed E-state index contributed by atoms with van der Waals surface area (Å²) in [5, 5.41) is 12.1. The van der Waals surface area contributed by atoms with Gasteiger partial charge in [0.05, 0.1) is 6.04 Å². The normalized spacial score (nSPS) is 34.8. The summed E-state index contributed by atoms with van der Waals surface area (Å²) in [6.07, 6.45) is -3.91. The smallest absolute Gasteiger partial charge is 0.407 e. The molecule has 1 aliphatic heterocycles. The van der Waals surface area contributed by atoms with E-state index >= 15 is 0 Å². The topological polar surface area (TPSA) is 89.3 Å². The maximum Gasteiger partial charge on any atom is 0.407 e. The molecule has 0 aromatic heterocycles. The van der Waals surface area contributed by atoms with E-state index in [2.05, 4.69) is 10.0 Å². The summed E-state index contributed by atoms with van der Waals surface area (Å²) < 4.78 is 36.7. The number of carbonyl (C=O) groups is 1. The average molecular weight is 189 g/mol. The first-order valence-corrected chi connectivity index (χ1v) is 3.63. The van der Waals surface area contributed by atoms with Gasteiger partial charge in [0.25, 0.3) is 0 Å². The van der Waals surface area contributed by atoms with Gasteiger partial charge in [0.2, 0.25) is 0 Å². The highest BCUT2D eigenvalue weighted by Gasteiger charge is 2.33. The fraction of sp³-hybridized carbons (Fsp3) is 0.857. The lowest BCUT2D eigenvalue weighted by Gasteiger charge is -2.10. The van der Waals surface area contributed by atoms with Crippen molar-refractivity contribution in [1.29, 1.82) is 0 Å². The molecule has 6 nitrogen and oxygen atoms in total. The molecule has 2 unspecified atom stereocenters. The Bertz CT molecular complexity index is 392. The van der Waals surface area contributed by atoms with Crippen LogP contribution in [0.5, 0.6) is 0 Å². The largest absolute Gasteiger partial charge is 0.465 e. The third-order valence-electron chi connectivity index (χ3n) is 1.94. The first kappa shape index (κ1) is 4.72. The molecular formula is C7H12N4O2. The van der Waals surface area contributed by atoms with Gasteiger partial charge < -0.3 is 10.0 Å². The Balaban J connectivity index is 3.05. The number of azide groups is 1. The molecule has 0 bridgehead atoms. The van der Waals surface area contributed by atoms with Crippen molar-refractivity contribution in [3.8, 4) is 0 Å². The molecule has 0 saturated carbocycles. The van der Waals surface area contributed by atoms with Crippen molar-refractivity contribution in [1.82, 2.24) is 4.90 Å². The molecule has 1 saturated heterocycles. The van der Waals surface area contributed by atoms with Crippen LogP contribution in [-0.2, 0) is 0 Å². The second-order valence-corrected chi connectivity index (χ2v) is 2.71. The van der Waals surface area contributed by atoms with Gasteiger partial charge in [0.1, 0.15) is 0 Å². The van der Waals surface area contributed by atoms with Crippen molar-refractivity contribution in [3.05, 3.63) is 10.4 Å². The maximum atomic E-state index is 10.8. The van der Waals surface area contributed by atoms with E-state index in [9.17, 15) is 4.79 Å². The molecule has 1 heterocycles. The molecule has 0 aromatic rings. The zero-order valence-corrected chi connectivity index (χ0v) is 6.71. The average Bonchev–Trinajstić information content (AvgIpc) is 2.61. The standard InChI is InChI=1S/C7H12N4O2/c1-2-5-3-11(7(12)13)4-6(5)9-10-8/h5-6H,2-4H2,1H3,(H,12,13)/i1D3,2D2. The summed E-state index contributed by atoms with van der Waals surface area (Å²) in [6.45, 7) is -3.40. The molecule has 0 spiro atoms. The highest BCUT2D eigenvalue weighted by Crippen LogP contribution is 2.22. The van der Waals surface area contributed by atoms with Crippen LogP contribution in [0.25, 0.3) is 10.4 Å². The van der Waals surface area contributed by atoms with Crippen molar-refractivity contribution in [3.63, 3.8) is 0 Å². The Kier molecular flexibility index (Phi) is 1.45. The van der Waals surface area contributed by atoms with E-state index in [0.717, 1.165) is 4.90 Å². The molecule has 1 aliphatic rings. The number of nitrogens with zero attached hydrogens (tertiary/aromatic N) is 4. The highest BCUT2D eigenvalue weighted by molar-refractivity contribution is 5.65. The number of hydrogen-bond donors (Lipinski definition) is 1. The van der Waals surface area contributed by atoms with E-state index in [1.807, 2.05) is 0 Å². The van der Waals surface area contributed by atoms with E-state index in [0.29, 0.717) is 0 Å². The van der Waals surface area contributed by atoms with Gasteiger partial charge in [-0.15, -0.1) is 0 Å². The molecular weight excluding hydrogens is 172 g/mol. The predicted octanol–water partition coefficient (Wildman–Crippen LogP) is 1.69. The van der Waals surface area contributed by atoms with Gasteiger partial charge in [-0.25, -0.2) is 4.79 Å². The van der Waals surface area contributed by atoms with Gasteiger partial charge in [0.15, 0.2) is 0 Å². The van der Waals surface area contributed by atoms with Crippen LogP contribution in [0.2, 0.25) is 0 Å². The van der Waals surface area contributed by atoms with Gasteiger partial charge in [-0.1, -0.05) is 18.3 Å². The van der Waals surface area contributed by atoms with Crippen molar-refractivity contribution in [2.45, 2.75) is 19.3 Å². The summed E-state index contributed by atoms with van der Waals surface area (Å²) in [5.41, 5.74) is 8.37. The molecule has 72 valence electrons. The van der Waals surface area contributed by atoms with Crippen LogP contribution < -0.4 is 0 Å². The predicted molar refractivity (Wildman–Crippen MR) is 46.3 cm³/mol. The molecule has 0 radical (unpaired) electrons. The van der Waals surface area contributed by atoms with E-state index < -0.39 is 31.3 Å². The van der Waals surface area contributed by atoms with Crippen LogP contribution in [0.1, 0.15) is 20.1 Å². The van der Waals surface area contributed by atoms with Gasteiger partial charge in [-0.05, 0) is 11.4 Å². The van der Waals surface area contributed by atoms with E-state index in [-0.39, 0.29) is 13.1 Å². The van der Waals surface area contributed by atoms with Crippen LogP contribution in [0, 0.1) is 5.92 Å². The Morgan fingerprint density at radius 3 is 3.31 bits per heavy atom.